The second-order valence-corrected chi connectivity index (χ2v) is 4.46. The van der Waals surface area contributed by atoms with Crippen molar-refractivity contribution in [1.82, 2.24) is 10.2 Å². The fraction of sp³-hybridized carbons (Fsp3) is 0.400. The minimum absolute atomic E-state index is 0.498. The molecule has 0 aliphatic rings. The van der Waals surface area contributed by atoms with E-state index in [9.17, 15) is 0 Å². The molecule has 86 valence electrons. The predicted octanol–water partition coefficient (Wildman–Crippen LogP) is 2.20. The Labute approximate surface area is 97.5 Å². The van der Waals surface area contributed by atoms with Gasteiger partial charge in [0.15, 0.2) is 0 Å². The van der Waals surface area contributed by atoms with E-state index in [0.29, 0.717) is 13.2 Å². The van der Waals surface area contributed by atoms with E-state index in [0.717, 1.165) is 21.7 Å². The lowest BCUT2D eigenvalue weighted by Crippen LogP contribution is -1.97. The van der Waals surface area contributed by atoms with E-state index in [4.69, 9.17) is 9.15 Å². The lowest BCUT2D eigenvalue weighted by atomic mass is 10.4. The molecule has 2 rings (SSSR count). The number of hydrogen-bond donors (Lipinski definition) is 1. The molecule has 0 radical (unpaired) electrons. The summed E-state index contributed by atoms with van der Waals surface area (Å²) in [5, 5.41) is 12.8. The third-order valence-electron chi connectivity index (χ3n) is 1.94. The summed E-state index contributed by atoms with van der Waals surface area (Å²) < 4.78 is 10.5. The SMILES string of the molecule is COCc1ccc(CNc2nnc(C)s2)o1. The zero-order valence-electron chi connectivity index (χ0n) is 9.19. The summed E-state index contributed by atoms with van der Waals surface area (Å²) in [6.45, 7) is 3.03. The molecule has 0 unspecified atom stereocenters. The molecule has 1 N–H and O–H groups in total. The quantitative estimate of drug-likeness (QED) is 0.866. The van der Waals surface area contributed by atoms with Crippen LogP contribution in [0.4, 0.5) is 5.13 Å². The van der Waals surface area contributed by atoms with Gasteiger partial charge in [-0.05, 0) is 19.1 Å². The highest BCUT2D eigenvalue weighted by Gasteiger charge is 2.03. The summed E-state index contributed by atoms with van der Waals surface area (Å²) in [4.78, 5) is 0. The molecule has 6 heteroatoms. The Bertz CT molecular complexity index is 452. The first kappa shape index (κ1) is 11.1. The van der Waals surface area contributed by atoms with E-state index in [-0.39, 0.29) is 0 Å². The molecule has 16 heavy (non-hydrogen) atoms. The van der Waals surface area contributed by atoms with Crippen LogP contribution in [-0.2, 0) is 17.9 Å². The number of ether oxygens (including phenoxy) is 1. The van der Waals surface area contributed by atoms with Gasteiger partial charge in [0.2, 0.25) is 5.13 Å². The Morgan fingerprint density at radius 1 is 1.38 bits per heavy atom. The molecule has 0 amide bonds. The third-order valence-corrected chi connectivity index (χ3v) is 2.74. The van der Waals surface area contributed by atoms with E-state index < -0.39 is 0 Å². The van der Waals surface area contributed by atoms with Crippen molar-refractivity contribution in [3.05, 3.63) is 28.7 Å². The first-order valence-corrected chi connectivity index (χ1v) is 5.70. The molecule has 0 aliphatic carbocycles. The fourth-order valence-corrected chi connectivity index (χ4v) is 1.86. The van der Waals surface area contributed by atoms with E-state index >= 15 is 0 Å². The summed E-state index contributed by atoms with van der Waals surface area (Å²) in [6.07, 6.45) is 0. The van der Waals surface area contributed by atoms with Crippen LogP contribution in [0.25, 0.3) is 0 Å². The Morgan fingerprint density at radius 3 is 2.88 bits per heavy atom. The molecule has 2 aromatic rings. The van der Waals surface area contributed by atoms with Crippen molar-refractivity contribution in [2.24, 2.45) is 0 Å². The number of hydrogen-bond acceptors (Lipinski definition) is 6. The molecule has 0 aliphatic heterocycles. The number of aryl methyl sites for hydroxylation is 1. The van der Waals surface area contributed by atoms with E-state index in [1.165, 1.54) is 11.3 Å². The van der Waals surface area contributed by atoms with Crippen molar-refractivity contribution in [2.75, 3.05) is 12.4 Å². The maximum Gasteiger partial charge on any atom is 0.206 e. The van der Waals surface area contributed by atoms with Gasteiger partial charge in [-0.15, -0.1) is 10.2 Å². The molecular formula is C10H13N3O2S. The van der Waals surface area contributed by atoms with Crippen LogP contribution in [0.3, 0.4) is 0 Å². The lowest BCUT2D eigenvalue weighted by molar-refractivity contribution is 0.163. The van der Waals surface area contributed by atoms with Crippen LogP contribution in [0.15, 0.2) is 16.5 Å². The van der Waals surface area contributed by atoms with Crippen molar-refractivity contribution in [1.29, 1.82) is 0 Å². The summed E-state index contributed by atoms with van der Waals surface area (Å²) in [7, 11) is 1.64. The number of furan rings is 1. The fourth-order valence-electron chi connectivity index (χ4n) is 1.27. The molecule has 0 saturated carbocycles. The van der Waals surface area contributed by atoms with Gasteiger partial charge < -0.3 is 14.5 Å². The molecular weight excluding hydrogens is 226 g/mol. The number of rotatable bonds is 5. The number of aromatic nitrogens is 2. The topological polar surface area (TPSA) is 60.2 Å². The lowest BCUT2D eigenvalue weighted by Gasteiger charge is -1.98. The van der Waals surface area contributed by atoms with Gasteiger partial charge >= 0.3 is 0 Å². The van der Waals surface area contributed by atoms with Gasteiger partial charge in [0.05, 0.1) is 6.54 Å². The van der Waals surface area contributed by atoms with Gasteiger partial charge in [0.25, 0.3) is 0 Å². The van der Waals surface area contributed by atoms with E-state index in [2.05, 4.69) is 15.5 Å². The van der Waals surface area contributed by atoms with Crippen molar-refractivity contribution in [3.63, 3.8) is 0 Å². The van der Waals surface area contributed by atoms with Crippen molar-refractivity contribution in [2.45, 2.75) is 20.1 Å². The summed E-state index contributed by atoms with van der Waals surface area (Å²) in [5.41, 5.74) is 0. The normalized spacial score (nSPS) is 10.6. The molecule has 0 bridgehead atoms. The Balaban J connectivity index is 1.89. The maximum atomic E-state index is 5.52. The van der Waals surface area contributed by atoms with Crippen LogP contribution in [0.5, 0.6) is 0 Å². The van der Waals surface area contributed by atoms with Gasteiger partial charge in [-0.2, -0.15) is 0 Å². The minimum atomic E-state index is 0.498. The van der Waals surface area contributed by atoms with Crippen LogP contribution in [0, 0.1) is 6.92 Å². The number of anilines is 1. The standard InChI is InChI=1S/C10H13N3O2S/c1-7-12-13-10(16-7)11-5-8-3-4-9(15-8)6-14-2/h3-4H,5-6H2,1-2H3,(H,11,13). The Kier molecular flexibility index (Phi) is 3.53. The van der Waals surface area contributed by atoms with Crippen LogP contribution in [0.2, 0.25) is 0 Å². The van der Waals surface area contributed by atoms with Crippen molar-refractivity contribution in [3.8, 4) is 0 Å². The largest absolute Gasteiger partial charge is 0.462 e. The van der Waals surface area contributed by atoms with Crippen molar-refractivity contribution >= 4 is 16.5 Å². The first-order valence-electron chi connectivity index (χ1n) is 4.88. The van der Waals surface area contributed by atoms with Gasteiger partial charge in [0, 0.05) is 7.11 Å². The zero-order valence-corrected chi connectivity index (χ0v) is 10.0. The van der Waals surface area contributed by atoms with Gasteiger partial charge in [-0.25, -0.2) is 0 Å². The van der Waals surface area contributed by atoms with Gasteiger partial charge in [-0.3, -0.25) is 0 Å². The highest BCUT2D eigenvalue weighted by atomic mass is 32.1. The number of methoxy groups -OCH3 is 1. The second-order valence-electron chi connectivity index (χ2n) is 3.28. The summed E-state index contributed by atoms with van der Waals surface area (Å²) in [5.74, 6) is 1.69. The molecule has 0 saturated heterocycles. The Morgan fingerprint density at radius 2 is 2.19 bits per heavy atom. The maximum absolute atomic E-state index is 5.52. The number of nitrogens with zero attached hydrogens (tertiary/aromatic N) is 2. The monoisotopic (exact) mass is 239 g/mol. The summed E-state index contributed by atoms with van der Waals surface area (Å²) in [6, 6.07) is 3.83. The van der Waals surface area contributed by atoms with E-state index in [1.807, 2.05) is 19.1 Å². The molecule has 5 nitrogen and oxygen atoms in total. The van der Waals surface area contributed by atoms with Crippen LogP contribution < -0.4 is 5.32 Å². The van der Waals surface area contributed by atoms with Crippen LogP contribution >= 0.6 is 11.3 Å². The van der Waals surface area contributed by atoms with Crippen LogP contribution in [-0.4, -0.2) is 17.3 Å². The zero-order chi connectivity index (χ0) is 11.4. The Hall–Kier alpha value is -1.40. The van der Waals surface area contributed by atoms with Gasteiger partial charge in [-0.1, -0.05) is 11.3 Å². The molecule has 0 atom stereocenters. The average Bonchev–Trinajstić information content (AvgIpc) is 2.85. The third kappa shape index (κ3) is 2.80. The molecule has 0 fully saturated rings. The smallest absolute Gasteiger partial charge is 0.206 e. The highest BCUT2D eigenvalue weighted by Crippen LogP contribution is 2.16. The van der Waals surface area contributed by atoms with Crippen molar-refractivity contribution < 1.29 is 9.15 Å². The van der Waals surface area contributed by atoms with Gasteiger partial charge in [0.1, 0.15) is 23.1 Å². The first-order chi connectivity index (χ1) is 7.78. The van der Waals surface area contributed by atoms with Crippen LogP contribution in [0.1, 0.15) is 16.5 Å². The average molecular weight is 239 g/mol. The highest BCUT2D eigenvalue weighted by molar-refractivity contribution is 7.15. The minimum Gasteiger partial charge on any atom is -0.462 e. The van der Waals surface area contributed by atoms with E-state index in [1.54, 1.807) is 7.11 Å². The number of nitrogens with one attached hydrogen (secondary N) is 1. The molecule has 2 aromatic heterocycles. The predicted molar refractivity (Wildman–Crippen MR) is 61.4 cm³/mol. The molecule has 2 heterocycles. The molecule has 0 spiro atoms. The molecule has 0 aromatic carbocycles. The summed E-state index contributed by atoms with van der Waals surface area (Å²) >= 11 is 1.52. The second kappa shape index (κ2) is 5.09.